The molecular formula is C9H12N2O3. The SMILES string of the molecule is CC(=O)N1CCC2(CC(=O)NC2=O)C1. The van der Waals surface area contributed by atoms with E-state index in [1.807, 2.05) is 0 Å². The Morgan fingerprint density at radius 2 is 2.21 bits per heavy atom. The smallest absolute Gasteiger partial charge is 0.235 e. The molecule has 0 radical (unpaired) electrons. The fourth-order valence-corrected chi connectivity index (χ4v) is 2.16. The van der Waals surface area contributed by atoms with Crippen LogP contribution >= 0.6 is 0 Å². The molecule has 2 saturated heterocycles. The molecule has 0 aliphatic carbocycles. The molecule has 0 bridgehead atoms. The quantitative estimate of drug-likeness (QED) is 0.519. The summed E-state index contributed by atoms with van der Waals surface area (Å²) in [6.45, 7) is 2.45. The van der Waals surface area contributed by atoms with E-state index in [2.05, 4.69) is 5.32 Å². The molecule has 2 aliphatic heterocycles. The lowest BCUT2D eigenvalue weighted by molar-refractivity contribution is -0.130. The van der Waals surface area contributed by atoms with Gasteiger partial charge in [-0.1, -0.05) is 0 Å². The monoisotopic (exact) mass is 196 g/mol. The second-order valence-corrected chi connectivity index (χ2v) is 4.02. The van der Waals surface area contributed by atoms with Gasteiger partial charge in [-0.05, 0) is 6.42 Å². The van der Waals surface area contributed by atoms with Gasteiger partial charge in [0.1, 0.15) is 0 Å². The van der Waals surface area contributed by atoms with Crippen LogP contribution in [-0.4, -0.2) is 35.7 Å². The van der Waals surface area contributed by atoms with E-state index in [1.165, 1.54) is 6.92 Å². The van der Waals surface area contributed by atoms with E-state index in [-0.39, 0.29) is 24.1 Å². The van der Waals surface area contributed by atoms with Crippen molar-refractivity contribution in [2.24, 2.45) is 5.41 Å². The van der Waals surface area contributed by atoms with Crippen LogP contribution in [0.2, 0.25) is 0 Å². The number of hydrogen-bond donors (Lipinski definition) is 1. The molecule has 2 heterocycles. The van der Waals surface area contributed by atoms with Crippen molar-refractivity contribution < 1.29 is 14.4 Å². The summed E-state index contributed by atoms with van der Waals surface area (Å²) in [5, 5.41) is 2.29. The van der Waals surface area contributed by atoms with Gasteiger partial charge < -0.3 is 4.90 Å². The van der Waals surface area contributed by atoms with Gasteiger partial charge >= 0.3 is 0 Å². The van der Waals surface area contributed by atoms with Crippen molar-refractivity contribution in [2.45, 2.75) is 19.8 Å². The Morgan fingerprint density at radius 3 is 2.64 bits per heavy atom. The summed E-state index contributed by atoms with van der Waals surface area (Å²) in [5.41, 5.74) is -0.622. The minimum Gasteiger partial charge on any atom is -0.342 e. The maximum atomic E-state index is 11.5. The van der Waals surface area contributed by atoms with Crippen molar-refractivity contribution in [3.8, 4) is 0 Å². The summed E-state index contributed by atoms with van der Waals surface area (Å²) in [5.74, 6) is -0.472. The molecule has 14 heavy (non-hydrogen) atoms. The number of nitrogens with one attached hydrogen (secondary N) is 1. The summed E-state index contributed by atoms with van der Waals surface area (Å²) in [7, 11) is 0. The van der Waals surface area contributed by atoms with E-state index in [0.29, 0.717) is 19.5 Å². The lowest BCUT2D eigenvalue weighted by Gasteiger charge is -2.18. The van der Waals surface area contributed by atoms with Crippen molar-refractivity contribution in [1.29, 1.82) is 0 Å². The summed E-state index contributed by atoms with van der Waals surface area (Å²) < 4.78 is 0. The van der Waals surface area contributed by atoms with Gasteiger partial charge in [0.15, 0.2) is 0 Å². The summed E-state index contributed by atoms with van der Waals surface area (Å²) in [4.78, 5) is 35.3. The third-order valence-corrected chi connectivity index (χ3v) is 3.03. The van der Waals surface area contributed by atoms with E-state index in [4.69, 9.17) is 0 Å². The predicted molar refractivity (Wildman–Crippen MR) is 47.1 cm³/mol. The number of rotatable bonds is 0. The van der Waals surface area contributed by atoms with Gasteiger partial charge in [0.2, 0.25) is 17.7 Å². The number of carbonyl (C=O) groups is 3. The van der Waals surface area contributed by atoms with E-state index in [0.717, 1.165) is 0 Å². The van der Waals surface area contributed by atoms with Gasteiger partial charge in [-0.15, -0.1) is 0 Å². The molecule has 1 unspecified atom stereocenters. The molecule has 0 aromatic carbocycles. The zero-order chi connectivity index (χ0) is 10.3. The number of likely N-dealkylation sites (tertiary alicyclic amines) is 1. The Balaban J connectivity index is 2.17. The van der Waals surface area contributed by atoms with Crippen LogP contribution in [0.15, 0.2) is 0 Å². The summed E-state index contributed by atoms with van der Waals surface area (Å²) in [6, 6.07) is 0. The van der Waals surface area contributed by atoms with Crippen molar-refractivity contribution in [3.63, 3.8) is 0 Å². The van der Waals surface area contributed by atoms with E-state index >= 15 is 0 Å². The molecule has 3 amide bonds. The Kier molecular flexibility index (Phi) is 1.83. The molecule has 2 fully saturated rings. The van der Waals surface area contributed by atoms with E-state index < -0.39 is 5.41 Å². The van der Waals surface area contributed by atoms with Crippen LogP contribution in [0, 0.1) is 5.41 Å². The minimum atomic E-state index is -0.622. The predicted octanol–water partition coefficient (Wildman–Crippen LogP) is -0.728. The van der Waals surface area contributed by atoms with Gasteiger partial charge in [0, 0.05) is 26.4 Å². The van der Waals surface area contributed by atoms with Crippen molar-refractivity contribution in [1.82, 2.24) is 10.2 Å². The normalized spacial score (nSPS) is 31.4. The van der Waals surface area contributed by atoms with E-state index in [9.17, 15) is 14.4 Å². The van der Waals surface area contributed by atoms with Crippen LogP contribution in [0.1, 0.15) is 19.8 Å². The second-order valence-electron chi connectivity index (χ2n) is 4.02. The second kappa shape index (κ2) is 2.80. The number of imide groups is 1. The van der Waals surface area contributed by atoms with Crippen molar-refractivity contribution in [2.75, 3.05) is 13.1 Å². The topological polar surface area (TPSA) is 66.5 Å². The third-order valence-electron chi connectivity index (χ3n) is 3.03. The Labute approximate surface area is 81.4 Å². The van der Waals surface area contributed by atoms with Gasteiger partial charge in [-0.25, -0.2) is 0 Å². The van der Waals surface area contributed by atoms with Crippen LogP contribution in [-0.2, 0) is 14.4 Å². The molecule has 2 rings (SSSR count). The molecular weight excluding hydrogens is 184 g/mol. The van der Waals surface area contributed by atoms with Gasteiger partial charge in [0.05, 0.1) is 5.41 Å². The van der Waals surface area contributed by atoms with Gasteiger partial charge in [-0.2, -0.15) is 0 Å². The van der Waals surface area contributed by atoms with Crippen LogP contribution in [0.5, 0.6) is 0 Å². The average Bonchev–Trinajstić information content (AvgIpc) is 2.59. The fourth-order valence-electron chi connectivity index (χ4n) is 2.16. The van der Waals surface area contributed by atoms with Gasteiger partial charge in [0.25, 0.3) is 0 Å². The number of nitrogens with zero attached hydrogens (tertiary/aromatic N) is 1. The molecule has 76 valence electrons. The largest absolute Gasteiger partial charge is 0.342 e. The van der Waals surface area contributed by atoms with E-state index in [1.54, 1.807) is 4.90 Å². The first kappa shape index (κ1) is 9.18. The van der Waals surface area contributed by atoms with Crippen molar-refractivity contribution >= 4 is 17.7 Å². The molecule has 0 aromatic heterocycles. The lowest BCUT2D eigenvalue weighted by atomic mass is 9.85. The third kappa shape index (κ3) is 1.20. The highest BCUT2D eigenvalue weighted by molar-refractivity contribution is 6.06. The highest BCUT2D eigenvalue weighted by atomic mass is 16.2. The maximum absolute atomic E-state index is 11.5. The first-order chi connectivity index (χ1) is 6.53. The van der Waals surface area contributed by atoms with Crippen LogP contribution in [0.25, 0.3) is 0 Å². The Hall–Kier alpha value is -1.39. The summed E-state index contributed by atoms with van der Waals surface area (Å²) in [6.07, 6.45) is 0.833. The fraction of sp³-hybridized carbons (Fsp3) is 0.667. The standard InChI is InChI=1S/C9H12N2O3/c1-6(12)11-3-2-9(5-11)4-7(13)10-8(9)14/h2-5H2,1H3,(H,10,13,14). The Morgan fingerprint density at radius 1 is 1.50 bits per heavy atom. The maximum Gasteiger partial charge on any atom is 0.235 e. The molecule has 0 saturated carbocycles. The first-order valence-electron chi connectivity index (χ1n) is 4.63. The first-order valence-corrected chi connectivity index (χ1v) is 4.63. The Bertz CT molecular complexity index is 326. The molecule has 1 spiro atoms. The molecule has 1 atom stereocenters. The summed E-state index contributed by atoms with van der Waals surface area (Å²) >= 11 is 0. The van der Waals surface area contributed by atoms with Crippen LogP contribution in [0.4, 0.5) is 0 Å². The number of carbonyl (C=O) groups excluding carboxylic acids is 3. The van der Waals surface area contributed by atoms with Crippen LogP contribution in [0.3, 0.4) is 0 Å². The molecule has 5 heteroatoms. The minimum absolute atomic E-state index is 0.0333. The number of amides is 3. The van der Waals surface area contributed by atoms with Gasteiger partial charge in [-0.3, -0.25) is 19.7 Å². The molecule has 0 aromatic rings. The zero-order valence-corrected chi connectivity index (χ0v) is 8.00. The zero-order valence-electron chi connectivity index (χ0n) is 8.00. The lowest BCUT2D eigenvalue weighted by Crippen LogP contribution is -2.35. The molecule has 1 N–H and O–H groups in total. The number of hydrogen-bond acceptors (Lipinski definition) is 3. The molecule has 2 aliphatic rings. The van der Waals surface area contributed by atoms with Crippen molar-refractivity contribution in [3.05, 3.63) is 0 Å². The highest BCUT2D eigenvalue weighted by Crippen LogP contribution is 2.37. The molecule has 5 nitrogen and oxygen atoms in total. The van der Waals surface area contributed by atoms with Crippen LogP contribution < -0.4 is 5.32 Å². The highest BCUT2D eigenvalue weighted by Gasteiger charge is 2.51. The average molecular weight is 196 g/mol.